The van der Waals surface area contributed by atoms with Gasteiger partial charge in [-0.1, -0.05) is 0 Å². The van der Waals surface area contributed by atoms with Gasteiger partial charge in [-0.25, -0.2) is 8.42 Å². The smallest absolute Gasteiger partial charge is 0.267 e. The monoisotopic (exact) mass is 338 g/mol. The first kappa shape index (κ1) is 15.8. The molecule has 7 nitrogen and oxygen atoms in total. The van der Waals surface area contributed by atoms with Crippen molar-refractivity contribution in [2.75, 3.05) is 23.5 Å². The maximum atomic E-state index is 12.3. The number of rotatable bonds is 2. The number of sulfone groups is 1. The number of carbonyl (C=O) groups is 2. The second kappa shape index (κ2) is 5.52. The van der Waals surface area contributed by atoms with Crippen LogP contribution in [0, 0.1) is 0 Å². The molecule has 2 aliphatic rings. The van der Waals surface area contributed by atoms with Crippen LogP contribution in [0.4, 0.5) is 5.69 Å². The molecule has 3 rings (SSSR count). The van der Waals surface area contributed by atoms with Gasteiger partial charge >= 0.3 is 0 Å². The number of ether oxygens (including phenoxy) is 1. The highest BCUT2D eigenvalue weighted by Gasteiger charge is 2.31. The van der Waals surface area contributed by atoms with Gasteiger partial charge in [-0.3, -0.25) is 9.59 Å². The Balaban J connectivity index is 1.79. The van der Waals surface area contributed by atoms with Crippen molar-refractivity contribution in [3.63, 3.8) is 0 Å². The molecule has 2 heterocycles. The van der Waals surface area contributed by atoms with Gasteiger partial charge in [-0.2, -0.15) is 0 Å². The first-order valence-electron chi connectivity index (χ1n) is 7.36. The summed E-state index contributed by atoms with van der Waals surface area (Å²) < 4.78 is 28.4. The van der Waals surface area contributed by atoms with Crippen LogP contribution in [0.2, 0.25) is 0 Å². The molecule has 23 heavy (non-hydrogen) atoms. The van der Waals surface area contributed by atoms with Crippen molar-refractivity contribution in [3.8, 4) is 5.75 Å². The number of amides is 2. The van der Waals surface area contributed by atoms with E-state index in [9.17, 15) is 18.0 Å². The molecule has 0 saturated carbocycles. The van der Waals surface area contributed by atoms with Crippen molar-refractivity contribution in [2.24, 2.45) is 0 Å². The topological polar surface area (TPSA) is 92.8 Å². The van der Waals surface area contributed by atoms with Gasteiger partial charge in [0.25, 0.3) is 11.8 Å². The normalized spacial score (nSPS) is 25.7. The molecule has 8 heteroatoms. The fourth-order valence-corrected chi connectivity index (χ4v) is 4.50. The third-order valence-corrected chi connectivity index (χ3v) is 5.90. The number of fused-ring (bicyclic) bond motifs is 1. The molecule has 2 unspecified atom stereocenters. The molecule has 2 aliphatic heterocycles. The van der Waals surface area contributed by atoms with Crippen LogP contribution < -0.4 is 15.0 Å². The van der Waals surface area contributed by atoms with Crippen LogP contribution in [-0.2, 0) is 14.6 Å². The molecule has 124 valence electrons. The Hall–Kier alpha value is -2.09. The van der Waals surface area contributed by atoms with Crippen LogP contribution in [0.1, 0.15) is 23.7 Å². The number of benzene rings is 1. The molecule has 1 fully saturated rings. The highest BCUT2D eigenvalue weighted by atomic mass is 32.2. The van der Waals surface area contributed by atoms with Crippen molar-refractivity contribution in [1.29, 1.82) is 0 Å². The van der Waals surface area contributed by atoms with Crippen LogP contribution in [0.25, 0.3) is 0 Å². The Kier molecular flexibility index (Phi) is 3.79. The van der Waals surface area contributed by atoms with Crippen molar-refractivity contribution in [3.05, 3.63) is 23.8 Å². The van der Waals surface area contributed by atoms with Crippen molar-refractivity contribution >= 4 is 27.3 Å². The van der Waals surface area contributed by atoms with Crippen molar-refractivity contribution in [1.82, 2.24) is 5.32 Å². The van der Waals surface area contributed by atoms with E-state index in [1.165, 1.54) is 4.90 Å². The lowest BCUT2D eigenvalue weighted by molar-refractivity contribution is -0.125. The molecule has 2 amide bonds. The summed E-state index contributed by atoms with van der Waals surface area (Å²) in [6.07, 6.45) is -0.131. The number of carbonyl (C=O) groups excluding carboxylic acids is 2. The van der Waals surface area contributed by atoms with Gasteiger partial charge < -0.3 is 15.0 Å². The van der Waals surface area contributed by atoms with Crippen molar-refractivity contribution < 1.29 is 22.7 Å². The molecule has 0 spiro atoms. The van der Waals surface area contributed by atoms with Crippen LogP contribution in [-0.4, -0.2) is 50.9 Å². The quantitative estimate of drug-likeness (QED) is 0.840. The van der Waals surface area contributed by atoms with E-state index in [0.29, 0.717) is 23.4 Å². The highest BCUT2D eigenvalue weighted by molar-refractivity contribution is 7.91. The molecule has 0 aromatic heterocycles. The molecular formula is C15H18N2O5S. The predicted molar refractivity (Wildman–Crippen MR) is 84.5 cm³/mol. The summed E-state index contributed by atoms with van der Waals surface area (Å²) >= 11 is 0. The number of anilines is 1. The molecule has 0 aliphatic carbocycles. The first-order chi connectivity index (χ1) is 10.8. The Bertz CT molecular complexity index is 774. The number of hydrogen-bond donors (Lipinski definition) is 1. The van der Waals surface area contributed by atoms with Crippen LogP contribution in [0.3, 0.4) is 0 Å². The van der Waals surface area contributed by atoms with Gasteiger partial charge in [-0.05, 0) is 31.5 Å². The predicted octanol–water partition coefficient (Wildman–Crippen LogP) is 0.347. The van der Waals surface area contributed by atoms with Gasteiger partial charge in [-0.15, -0.1) is 0 Å². The maximum Gasteiger partial charge on any atom is 0.267 e. The molecule has 1 aromatic carbocycles. The average Bonchev–Trinajstić information content (AvgIpc) is 2.83. The largest absolute Gasteiger partial charge is 0.479 e. The zero-order valence-electron chi connectivity index (χ0n) is 12.9. The molecule has 1 saturated heterocycles. The van der Waals surface area contributed by atoms with Crippen LogP contribution in [0.15, 0.2) is 18.2 Å². The van der Waals surface area contributed by atoms with Crippen LogP contribution in [0.5, 0.6) is 5.75 Å². The minimum Gasteiger partial charge on any atom is -0.479 e. The van der Waals surface area contributed by atoms with E-state index in [2.05, 4.69) is 5.32 Å². The third-order valence-electron chi connectivity index (χ3n) is 4.13. The van der Waals surface area contributed by atoms with E-state index in [-0.39, 0.29) is 29.4 Å². The maximum absolute atomic E-state index is 12.3. The standard InChI is InChI=1S/C15H18N2O5S/c1-9-15(19)17(2)12-7-10(3-4-13(12)22-9)14(18)16-11-5-6-23(20,21)8-11/h3-4,7,9,11H,5-6,8H2,1-2H3,(H,16,18). The molecule has 2 atom stereocenters. The molecule has 0 radical (unpaired) electrons. The fraction of sp³-hybridized carbons (Fsp3) is 0.467. The number of nitrogens with one attached hydrogen (secondary N) is 1. The van der Waals surface area contributed by atoms with E-state index in [1.807, 2.05) is 0 Å². The molecule has 0 bridgehead atoms. The SMILES string of the molecule is CC1Oc2ccc(C(=O)NC3CCS(=O)(=O)C3)cc2N(C)C1=O. The van der Waals surface area contributed by atoms with E-state index in [1.54, 1.807) is 32.2 Å². The van der Waals surface area contributed by atoms with Crippen LogP contribution >= 0.6 is 0 Å². The summed E-state index contributed by atoms with van der Waals surface area (Å²) in [4.78, 5) is 25.7. The molecule has 1 N–H and O–H groups in total. The zero-order valence-corrected chi connectivity index (χ0v) is 13.7. The fourth-order valence-electron chi connectivity index (χ4n) is 2.83. The minimum absolute atomic E-state index is 0.0251. The Labute approximate surface area is 134 Å². The van der Waals surface area contributed by atoms with Gasteiger partial charge in [0.15, 0.2) is 15.9 Å². The summed E-state index contributed by atoms with van der Waals surface area (Å²) in [5.74, 6) is 0.0827. The molecule has 1 aromatic rings. The highest BCUT2D eigenvalue weighted by Crippen LogP contribution is 2.33. The van der Waals surface area contributed by atoms with Gasteiger partial charge in [0.05, 0.1) is 17.2 Å². The Morgan fingerprint density at radius 3 is 2.78 bits per heavy atom. The lowest BCUT2D eigenvalue weighted by Crippen LogP contribution is -2.42. The van der Waals surface area contributed by atoms with E-state index < -0.39 is 15.9 Å². The number of likely N-dealkylation sites (N-methyl/N-ethyl adjacent to an activating group) is 1. The number of nitrogens with zero attached hydrogens (tertiary/aromatic N) is 1. The lowest BCUT2D eigenvalue weighted by atomic mass is 10.1. The zero-order chi connectivity index (χ0) is 16.8. The van der Waals surface area contributed by atoms with E-state index >= 15 is 0 Å². The average molecular weight is 338 g/mol. The summed E-state index contributed by atoms with van der Waals surface area (Å²) in [5, 5.41) is 2.73. The van der Waals surface area contributed by atoms with E-state index in [4.69, 9.17) is 4.74 Å². The minimum atomic E-state index is -3.05. The number of hydrogen-bond acceptors (Lipinski definition) is 5. The second-order valence-electron chi connectivity index (χ2n) is 5.91. The second-order valence-corrected chi connectivity index (χ2v) is 8.14. The van der Waals surface area contributed by atoms with Gasteiger partial charge in [0.1, 0.15) is 5.75 Å². The summed E-state index contributed by atoms with van der Waals surface area (Å²) in [7, 11) is -1.42. The lowest BCUT2D eigenvalue weighted by Gasteiger charge is -2.30. The third kappa shape index (κ3) is 3.03. The Morgan fingerprint density at radius 1 is 1.39 bits per heavy atom. The van der Waals surface area contributed by atoms with Gasteiger partial charge in [0, 0.05) is 18.7 Å². The molecular weight excluding hydrogens is 320 g/mol. The summed E-state index contributed by atoms with van der Waals surface area (Å²) in [5.41, 5.74) is 0.894. The van der Waals surface area contributed by atoms with Gasteiger partial charge in [0.2, 0.25) is 0 Å². The van der Waals surface area contributed by atoms with E-state index in [0.717, 1.165) is 0 Å². The Morgan fingerprint density at radius 2 is 2.13 bits per heavy atom. The first-order valence-corrected chi connectivity index (χ1v) is 9.18. The summed E-state index contributed by atoms with van der Waals surface area (Å²) in [6.45, 7) is 1.67. The van der Waals surface area contributed by atoms with Crippen molar-refractivity contribution in [2.45, 2.75) is 25.5 Å². The summed E-state index contributed by atoms with van der Waals surface area (Å²) in [6, 6.07) is 4.47.